The van der Waals surface area contributed by atoms with E-state index in [1.807, 2.05) is 0 Å². The van der Waals surface area contributed by atoms with E-state index in [-0.39, 0.29) is 5.69 Å². The van der Waals surface area contributed by atoms with Gasteiger partial charge in [0.05, 0.1) is 10.6 Å². The molecule has 1 aromatic heterocycles. The summed E-state index contributed by atoms with van der Waals surface area (Å²) in [4.78, 5) is 10.0. The molecule has 0 fully saturated rings. The van der Waals surface area contributed by atoms with Gasteiger partial charge in [-0.1, -0.05) is 11.6 Å². The minimum Gasteiger partial charge on any atom is -0.258 e. The molecule has 0 radical (unpaired) electrons. The van der Waals surface area contributed by atoms with Crippen LogP contribution >= 0.6 is 27.5 Å². The molecular formula is C9H5BrClN3O2. The molecule has 16 heavy (non-hydrogen) atoms. The molecule has 0 N–H and O–H groups in total. The molecular weight excluding hydrogens is 297 g/mol. The summed E-state index contributed by atoms with van der Waals surface area (Å²) in [6.07, 6.45) is 2.54. The zero-order valence-corrected chi connectivity index (χ0v) is 10.1. The van der Waals surface area contributed by atoms with Crippen molar-refractivity contribution in [2.75, 3.05) is 0 Å². The number of halogens is 2. The van der Waals surface area contributed by atoms with Crippen LogP contribution in [0.2, 0.25) is 5.02 Å². The highest BCUT2D eigenvalue weighted by Gasteiger charge is 2.11. The largest absolute Gasteiger partial charge is 0.307 e. The maximum atomic E-state index is 10.5. The summed E-state index contributed by atoms with van der Waals surface area (Å²) < 4.78 is 2.14. The Kier molecular flexibility index (Phi) is 2.93. The van der Waals surface area contributed by atoms with Gasteiger partial charge in [-0.2, -0.15) is 5.10 Å². The van der Waals surface area contributed by atoms with E-state index in [2.05, 4.69) is 21.0 Å². The van der Waals surface area contributed by atoms with Crippen LogP contribution in [0.1, 0.15) is 0 Å². The third-order valence-corrected chi connectivity index (χ3v) is 2.81. The lowest BCUT2D eigenvalue weighted by molar-refractivity contribution is -0.384. The number of aromatic nitrogens is 2. The SMILES string of the molecule is O=[N+]([O-])c1cnn(-c2ccc(Cl)cc2Br)c1. The zero-order chi connectivity index (χ0) is 11.7. The molecule has 2 aromatic rings. The standard InChI is InChI=1S/C9H5BrClN3O2/c10-8-3-6(11)1-2-9(8)13-5-7(4-12-13)14(15)16/h1-5H. The van der Waals surface area contributed by atoms with E-state index < -0.39 is 4.92 Å². The van der Waals surface area contributed by atoms with Crippen LogP contribution in [0.4, 0.5) is 5.69 Å². The van der Waals surface area contributed by atoms with E-state index >= 15 is 0 Å². The van der Waals surface area contributed by atoms with Crippen molar-refractivity contribution in [1.82, 2.24) is 9.78 Å². The lowest BCUT2D eigenvalue weighted by atomic mass is 10.3. The topological polar surface area (TPSA) is 61.0 Å². The Bertz CT molecular complexity index is 555. The summed E-state index contributed by atoms with van der Waals surface area (Å²) in [6.45, 7) is 0. The van der Waals surface area contributed by atoms with E-state index in [9.17, 15) is 10.1 Å². The number of hydrogen-bond acceptors (Lipinski definition) is 3. The van der Waals surface area contributed by atoms with E-state index in [1.165, 1.54) is 17.1 Å². The van der Waals surface area contributed by atoms with Gasteiger partial charge in [0, 0.05) is 9.50 Å². The van der Waals surface area contributed by atoms with Gasteiger partial charge in [0.25, 0.3) is 0 Å². The smallest absolute Gasteiger partial charge is 0.258 e. The second kappa shape index (κ2) is 4.23. The molecule has 1 aromatic carbocycles. The van der Waals surface area contributed by atoms with Gasteiger partial charge >= 0.3 is 5.69 Å². The van der Waals surface area contributed by atoms with Crippen LogP contribution < -0.4 is 0 Å². The van der Waals surface area contributed by atoms with Gasteiger partial charge in [-0.15, -0.1) is 0 Å². The first-order chi connectivity index (χ1) is 7.58. The van der Waals surface area contributed by atoms with Crippen molar-refractivity contribution in [2.45, 2.75) is 0 Å². The molecule has 0 saturated carbocycles. The summed E-state index contributed by atoms with van der Waals surface area (Å²) in [5.74, 6) is 0. The molecule has 0 unspecified atom stereocenters. The first kappa shape index (κ1) is 11.1. The molecule has 1 heterocycles. The van der Waals surface area contributed by atoms with Crippen LogP contribution in [0, 0.1) is 10.1 Å². The molecule has 2 rings (SSSR count). The minimum atomic E-state index is -0.493. The molecule has 0 atom stereocenters. The molecule has 0 bridgehead atoms. The summed E-state index contributed by atoms with van der Waals surface area (Å²) in [6, 6.07) is 5.11. The predicted molar refractivity (Wildman–Crippen MR) is 62.9 cm³/mol. The fourth-order valence-corrected chi connectivity index (χ4v) is 2.07. The van der Waals surface area contributed by atoms with Crippen molar-refractivity contribution >= 4 is 33.2 Å². The van der Waals surface area contributed by atoms with E-state index in [0.29, 0.717) is 10.7 Å². The van der Waals surface area contributed by atoms with Crippen LogP contribution in [0.5, 0.6) is 0 Å². The minimum absolute atomic E-state index is 0.0538. The molecule has 0 aliphatic carbocycles. The Morgan fingerprint density at radius 3 is 2.81 bits per heavy atom. The number of hydrogen-bond donors (Lipinski definition) is 0. The maximum Gasteiger partial charge on any atom is 0.307 e. The second-order valence-corrected chi connectivity index (χ2v) is 4.29. The monoisotopic (exact) mass is 301 g/mol. The lowest BCUT2D eigenvalue weighted by Gasteiger charge is -2.03. The van der Waals surface area contributed by atoms with Crippen LogP contribution in [-0.4, -0.2) is 14.7 Å². The summed E-state index contributed by atoms with van der Waals surface area (Å²) in [7, 11) is 0. The van der Waals surface area contributed by atoms with Crippen LogP contribution in [0.3, 0.4) is 0 Å². The van der Waals surface area contributed by atoms with Crippen molar-refractivity contribution in [1.29, 1.82) is 0 Å². The number of rotatable bonds is 2. The zero-order valence-electron chi connectivity index (χ0n) is 7.80. The van der Waals surface area contributed by atoms with Gasteiger partial charge < -0.3 is 0 Å². The highest BCUT2D eigenvalue weighted by Crippen LogP contribution is 2.25. The summed E-state index contributed by atoms with van der Waals surface area (Å²) >= 11 is 9.11. The van der Waals surface area contributed by atoms with E-state index in [1.54, 1.807) is 18.2 Å². The lowest BCUT2D eigenvalue weighted by Crippen LogP contribution is -1.95. The Balaban J connectivity index is 2.46. The van der Waals surface area contributed by atoms with Gasteiger partial charge in [0.15, 0.2) is 0 Å². The molecule has 0 saturated heterocycles. The van der Waals surface area contributed by atoms with E-state index in [4.69, 9.17) is 11.6 Å². The van der Waals surface area contributed by atoms with Gasteiger partial charge in [-0.3, -0.25) is 10.1 Å². The third kappa shape index (κ3) is 2.07. The number of benzene rings is 1. The van der Waals surface area contributed by atoms with Gasteiger partial charge in [0.1, 0.15) is 12.4 Å². The van der Waals surface area contributed by atoms with Crippen LogP contribution in [0.25, 0.3) is 5.69 Å². The van der Waals surface area contributed by atoms with Crippen LogP contribution in [0.15, 0.2) is 35.1 Å². The van der Waals surface area contributed by atoms with Crippen molar-refractivity contribution < 1.29 is 4.92 Å². The summed E-state index contributed by atoms with van der Waals surface area (Å²) in [5.41, 5.74) is 0.638. The first-order valence-corrected chi connectivity index (χ1v) is 5.39. The van der Waals surface area contributed by atoms with Gasteiger partial charge in [0.2, 0.25) is 0 Å². The maximum absolute atomic E-state index is 10.5. The molecule has 0 spiro atoms. The Labute approximate surface area is 104 Å². The van der Waals surface area contributed by atoms with Gasteiger partial charge in [-0.05, 0) is 34.1 Å². The quantitative estimate of drug-likeness (QED) is 0.632. The second-order valence-electron chi connectivity index (χ2n) is 3.00. The van der Waals surface area contributed by atoms with Gasteiger partial charge in [-0.25, -0.2) is 4.68 Å². The normalized spacial score (nSPS) is 10.4. The molecule has 0 aliphatic rings. The molecule has 82 valence electrons. The first-order valence-electron chi connectivity index (χ1n) is 4.22. The Morgan fingerprint density at radius 2 is 2.25 bits per heavy atom. The average molecular weight is 303 g/mol. The van der Waals surface area contributed by atoms with E-state index in [0.717, 1.165) is 4.47 Å². The van der Waals surface area contributed by atoms with Crippen molar-refractivity contribution in [2.24, 2.45) is 0 Å². The third-order valence-electron chi connectivity index (χ3n) is 1.94. The highest BCUT2D eigenvalue weighted by molar-refractivity contribution is 9.10. The number of nitro groups is 1. The average Bonchev–Trinajstić information content (AvgIpc) is 2.66. The molecule has 0 aliphatic heterocycles. The molecule has 5 nitrogen and oxygen atoms in total. The van der Waals surface area contributed by atoms with Crippen molar-refractivity contribution in [3.05, 3.63) is 50.2 Å². The molecule has 0 amide bonds. The number of nitrogens with zero attached hydrogens (tertiary/aromatic N) is 3. The summed E-state index contributed by atoms with van der Waals surface area (Å²) in [5, 5.41) is 15.0. The fourth-order valence-electron chi connectivity index (χ4n) is 1.21. The highest BCUT2D eigenvalue weighted by atomic mass is 79.9. The molecule has 7 heteroatoms. The Morgan fingerprint density at radius 1 is 1.50 bits per heavy atom. The van der Waals surface area contributed by atoms with Crippen molar-refractivity contribution in [3.63, 3.8) is 0 Å². The van der Waals surface area contributed by atoms with Crippen molar-refractivity contribution in [3.8, 4) is 5.69 Å². The fraction of sp³-hybridized carbons (Fsp3) is 0. The van der Waals surface area contributed by atoms with Crippen LogP contribution in [-0.2, 0) is 0 Å². The predicted octanol–water partition coefficient (Wildman–Crippen LogP) is 3.20. The Hall–Kier alpha value is -1.40.